The van der Waals surface area contributed by atoms with Crippen molar-refractivity contribution in [2.75, 3.05) is 7.11 Å². The average Bonchev–Trinajstić information content (AvgIpc) is 3.31. The van der Waals surface area contributed by atoms with Crippen LogP contribution in [0.3, 0.4) is 0 Å². The second kappa shape index (κ2) is 5.68. The zero-order chi connectivity index (χ0) is 17.3. The number of nitro benzene ring substituents is 1. The Morgan fingerprint density at radius 3 is 1.83 bits per heavy atom. The van der Waals surface area contributed by atoms with E-state index in [0.717, 1.165) is 11.1 Å². The maximum absolute atomic E-state index is 10.8. The Morgan fingerprint density at radius 1 is 1.00 bits per heavy atom. The first kappa shape index (κ1) is 15.5. The Bertz CT molecular complexity index is 846. The zero-order valence-corrected chi connectivity index (χ0v) is 12.8. The SMILES string of the molecule is COc1ccc(C2C(c3ccc([N+](=O)[O-])cc3)C2(C#N)C#N)cc1. The van der Waals surface area contributed by atoms with Crippen molar-refractivity contribution < 1.29 is 9.66 Å². The van der Waals surface area contributed by atoms with Gasteiger partial charge in [0.1, 0.15) is 5.75 Å². The molecule has 0 amide bonds. The molecular formula is C18H13N3O3. The topological polar surface area (TPSA) is 99.9 Å². The van der Waals surface area contributed by atoms with Gasteiger partial charge in [-0.1, -0.05) is 24.3 Å². The molecule has 1 fully saturated rings. The van der Waals surface area contributed by atoms with Gasteiger partial charge in [0.25, 0.3) is 5.69 Å². The number of non-ortho nitro benzene ring substituents is 1. The molecule has 1 aliphatic carbocycles. The van der Waals surface area contributed by atoms with E-state index in [9.17, 15) is 20.6 Å². The molecule has 6 nitrogen and oxygen atoms in total. The van der Waals surface area contributed by atoms with Crippen molar-refractivity contribution in [1.82, 2.24) is 0 Å². The van der Waals surface area contributed by atoms with Crippen molar-refractivity contribution in [2.24, 2.45) is 5.41 Å². The molecule has 1 aliphatic rings. The van der Waals surface area contributed by atoms with Crippen molar-refractivity contribution in [3.8, 4) is 17.9 Å². The van der Waals surface area contributed by atoms with E-state index in [0.29, 0.717) is 5.75 Å². The highest BCUT2D eigenvalue weighted by Gasteiger charge is 2.67. The predicted octanol–water partition coefficient (Wildman–Crippen LogP) is 3.52. The first-order chi connectivity index (χ1) is 11.6. The summed E-state index contributed by atoms with van der Waals surface area (Å²) in [6.07, 6.45) is 0. The largest absolute Gasteiger partial charge is 0.497 e. The number of hydrogen-bond donors (Lipinski definition) is 0. The Morgan fingerprint density at radius 2 is 1.46 bits per heavy atom. The summed E-state index contributed by atoms with van der Waals surface area (Å²) >= 11 is 0. The third-order valence-corrected chi connectivity index (χ3v) is 4.51. The van der Waals surface area contributed by atoms with Crippen LogP contribution in [0.15, 0.2) is 48.5 Å². The lowest BCUT2D eigenvalue weighted by atomic mass is 10.0. The van der Waals surface area contributed by atoms with Crippen LogP contribution >= 0.6 is 0 Å². The standard InChI is InChI=1S/C18H13N3O3/c1-24-15-8-4-13(5-9-15)17-16(18(17,10-19)11-20)12-2-6-14(7-3-12)21(22)23/h2-9,16-17H,1H3. The van der Waals surface area contributed by atoms with Crippen LogP contribution < -0.4 is 4.74 Å². The van der Waals surface area contributed by atoms with Crippen molar-refractivity contribution in [3.05, 3.63) is 69.8 Å². The van der Waals surface area contributed by atoms with Crippen LogP contribution in [0, 0.1) is 38.2 Å². The first-order valence-corrected chi connectivity index (χ1v) is 7.28. The molecular weight excluding hydrogens is 306 g/mol. The van der Waals surface area contributed by atoms with Gasteiger partial charge in [-0.15, -0.1) is 0 Å². The summed E-state index contributed by atoms with van der Waals surface area (Å²) < 4.78 is 5.13. The molecule has 2 aromatic rings. The van der Waals surface area contributed by atoms with E-state index < -0.39 is 10.3 Å². The molecule has 6 heteroatoms. The summed E-state index contributed by atoms with van der Waals surface area (Å²) in [4.78, 5) is 10.3. The molecule has 0 N–H and O–H groups in total. The fraction of sp³-hybridized carbons (Fsp3) is 0.222. The quantitative estimate of drug-likeness (QED) is 0.634. The zero-order valence-electron chi connectivity index (χ0n) is 12.8. The van der Waals surface area contributed by atoms with Gasteiger partial charge in [0.2, 0.25) is 0 Å². The Balaban J connectivity index is 1.98. The van der Waals surface area contributed by atoms with Crippen molar-refractivity contribution in [1.29, 1.82) is 10.5 Å². The van der Waals surface area contributed by atoms with Crippen LogP contribution in [0.2, 0.25) is 0 Å². The number of benzene rings is 2. The molecule has 0 bridgehead atoms. The van der Waals surface area contributed by atoms with Gasteiger partial charge in [-0.25, -0.2) is 0 Å². The second-order valence-corrected chi connectivity index (χ2v) is 5.67. The number of methoxy groups -OCH3 is 1. The van der Waals surface area contributed by atoms with Crippen LogP contribution in [-0.2, 0) is 0 Å². The molecule has 0 spiro atoms. The molecule has 118 valence electrons. The van der Waals surface area contributed by atoms with E-state index >= 15 is 0 Å². The predicted molar refractivity (Wildman–Crippen MR) is 85.2 cm³/mol. The maximum atomic E-state index is 10.8. The van der Waals surface area contributed by atoms with Crippen LogP contribution in [0.1, 0.15) is 23.0 Å². The minimum Gasteiger partial charge on any atom is -0.497 e. The van der Waals surface area contributed by atoms with Gasteiger partial charge in [-0.2, -0.15) is 10.5 Å². The van der Waals surface area contributed by atoms with E-state index in [2.05, 4.69) is 12.1 Å². The number of nitro groups is 1. The molecule has 0 aliphatic heterocycles. The van der Waals surface area contributed by atoms with E-state index in [-0.39, 0.29) is 17.5 Å². The number of nitriles is 2. The fourth-order valence-electron chi connectivity index (χ4n) is 3.22. The molecule has 2 unspecified atom stereocenters. The number of ether oxygens (including phenoxy) is 1. The van der Waals surface area contributed by atoms with Crippen LogP contribution in [0.5, 0.6) is 5.75 Å². The van der Waals surface area contributed by atoms with Crippen molar-refractivity contribution >= 4 is 5.69 Å². The summed E-state index contributed by atoms with van der Waals surface area (Å²) in [5.74, 6) is 0.132. The van der Waals surface area contributed by atoms with E-state index in [1.54, 1.807) is 31.4 Å². The third-order valence-electron chi connectivity index (χ3n) is 4.51. The van der Waals surface area contributed by atoms with Gasteiger partial charge in [0.05, 0.1) is 24.2 Å². The highest BCUT2D eigenvalue weighted by Crippen LogP contribution is 2.69. The van der Waals surface area contributed by atoms with Gasteiger partial charge in [-0.3, -0.25) is 10.1 Å². The average molecular weight is 319 g/mol. The van der Waals surface area contributed by atoms with Crippen LogP contribution in [-0.4, -0.2) is 12.0 Å². The van der Waals surface area contributed by atoms with E-state index in [4.69, 9.17) is 4.74 Å². The lowest BCUT2D eigenvalue weighted by molar-refractivity contribution is -0.384. The first-order valence-electron chi connectivity index (χ1n) is 7.28. The van der Waals surface area contributed by atoms with Gasteiger partial charge < -0.3 is 4.74 Å². The molecule has 0 aromatic heterocycles. The highest BCUT2D eigenvalue weighted by molar-refractivity contribution is 5.54. The third kappa shape index (κ3) is 2.26. The number of hydrogen-bond acceptors (Lipinski definition) is 5. The minimum atomic E-state index is -1.15. The molecule has 2 atom stereocenters. The molecule has 2 aromatic carbocycles. The van der Waals surface area contributed by atoms with Crippen LogP contribution in [0.4, 0.5) is 5.69 Å². The van der Waals surface area contributed by atoms with Crippen molar-refractivity contribution in [2.45, 2.75) is 11.8 Å². The maximum Gasteiger partial charge on any atom is 0.269 e. The Labute approximate surface area is 138 Å². The van der Waals surface area contributed by atoms with Crippen molar-refractivity contribution in [3.63, 3.8) is 0 Å². The summed E-state index contributed by atoms with van der Waals surface area (Å²) in [7, 11) is 1.57. The minimum absolute atomic E-state index is 0.0140. The lowest BCUT2D eigenvalue weighted by Gasteiger charge is -2.03. The van der Waals surface area contributed by atoms with E-state index in [1.165, 1.54) is 12.1 Å². The smallest absolute Gasteiger partial charge is 0.269 e. The summed E-state index contributed by atoms with van der Waals surface area (Å²) in [6.45, 7) is 0. The number of nitrogens with zero attached hydrogens (tertiary/aromatic N) is 3. The second-order valence-electron chi connectivity index (χ2n) is 5.67. The molecule has 1 saturated carbocycles. The van der Waals surface area contributed by atoms with E-state index in [1.807, 2.05) is 12.1 Å². The highest BCUT2D eigenvalue weighted by atomic mass is 16.6. The molecule has 0 radical (unpaired) electrons. The molecule has 3 rings (SSSR count). The normalized spacial score (nSPS) is 20.5. The monoisotopic (exact) mass is 319 g/mol. The Kier molecular flexibility index (Phi) is 3.67. The summed E-state index contributed by atoms with van der Waals surface area (Å²) in [5, 5.41) is 29.9. The summed E-state index contributed by atoms with van der Waals surface area (Å²) in [5.41, 5.74) is 0.469. The molecule has 0 heterocycles. The van der Waals surface area contributed by atoms with Crippen LogP contribution in [0.25, 0.3) is 0 Å². The van der Waals surface area contributed by atoms with Gasteiger partial charge >= 0.3 is 0 Å². The number of rotatable bonds is 4. The lowest BCUT2D eigenvalue weighted by Crippen LogP contribution is -1.97. The molecule has 24 heavy (non-hydrogen) atoms. The Hall–Kier alpha value is -3.38. The van der Waals surface area contributed by atoms with Gasteiger partial charge in [-0.05, 0) is 23.3 Å². The van der Waals surface area contributed by atoms with Gasteiger partial charge in [0.15, 0.2) is 5.41 Å². The fourth-order valence-corrected chi connectivity index (χ4v) is 3.22. The van der Waals surface area contributed by atoms with Gasteiger partial charge in [0, 0.05) is 24.0 Å². The summed E-state index contributed by atoms with van der Waals surface area (Å²) in [6, 6.07) is 17.6. The molecule has 0 saturated heterocycles.